The molecule has 0 rings (SSSR count). The molecule has 0 radical (unpaired) electrons. The highest BCUT2D eigenvalue weighted by Crippen LogP contribution is 2.17. The Labute approximate surface area is 97.6 Å². The van der Waals surface area contributed by atoms with E-state index in [9.17, 15) is 8.42 Å². The van der Waals surface area contributed by atoms with Crippen LogP contribution in [0.5, 0.6) is 0 Å². The van der Waals surface area contributed by atoms with Crippen molar-refractivity contribution in [2.45, 2.75) is 40.0 Å². The molecule has 0 aliphatic carbocycles. The molecular weight excluding hydrogens is 236 g/mol. The smallest absolute Gasteiger partial charge is 0.232 e. The van der Waals surface area contributed by atoms with Crippen LogP contribution in [0.3, 0.4) is 0 Å². The molecule has 0 saturated heterocycles. The first-order chi connectivity index (χ1) is 6.71. The lowest BCUT2D eigenvalue weighted by molar-refractivity contribution is 0.106. The largest absolute Gasteiger partial charge is 0.381 e. The van der Waals surface area contributed by atoms with Crippen molar-refractivity contribution in [3.63, 3.8) is 0 Å². The van der Waals surface area contributed by atoms with Crippen molar-refractivity contribution < 1.29 is 13.2 Å². The van der Waals surface area contributed by atoms with E-state index in [-0.39, 0.29) is 5.75 Å². The Balaban J connectivity index is 3.27. The van der Waals surface area contributed by atoms with Gasteiger partial charge in [0.25, 0.3) is 0 Å². The van der Waals surface area contributed by atoms with E-state index in [1.807, 2.05) is 0 Å². The molecule has 5 heteroatoms. The normalized spacial score (nSPS) is 13.1. The van der Waals surface area contributed by atoms with E-state index >= 15 is 0 Å². The van der Waals surface area contributed by atoms with E-state index in [0.717, 1.165) is 19.4 Å². The van der Waals surface area contributed by atoms with Crippen LogP contribution in [-0.4, -0.2) is 27.4 Å². The van der Waals surface area contributed by atoms with E-state index in [1.165, 1.54) is 0 Å². The first-order valence-corrected chi connectivity index (χ1v) is 7.69. The molecule has 0 aromatic carbocycles. The van der Waals surface area contributed by atoms with Gasteiger partial charge in [-0.05, 0) is 24.7 Å². The molecule has 0 bridgehead atoms. The van der Waals surface area contributed by atoms with Crippen LogP contribution in [0.1, 0.15) is 40.0 Å². The maximum Gasteiger partial charge on any atom is 0.232 e. The summed E-state index contributed by atoms with van der Waals surface area (Å²) in [6.45, 7) is 7.84. The number of rotatable bonds is 7. The van der Waals surface area contributed by atoms with Gasteiger partial charge >= 0.3 is 0 Å². The van der Waals surface area contributed by atoms with E-state index < -0.39 is 9.05 Å². The quantitative estimate of drug-likeness (QED) is 0.520. The van der Waals surface area contributed by atoms with Gasteiger partial charge in [-0.3, -0.25) is 0 Å². The molecule has 0 atom stereocenters. The third kappa shape index (κ3) is 14.2. The van der Waals surface area contributed by atoms with E-state index in [1.54, 1.807) is 0 Å². The minimum atomic E-state index is -3.32. The van der Waals surface area contributed by atoms with Crippen molar-refractivity contribution in [2.75, 3.05) is 19.0 Å². The Hall–Kier alpha value is 0.200. The number of unbranched alkanes of at least 4 members (excludes halogenated alkanes) is 1. The van der Waals surface area contributed by atoms with Crippen LogP contribution in [-0.2, 0) is 13.8 Å². The summed E-state index contributed by atoms with van der Waals surface area (Å²) >= 11 is 0. The summed E-state index contributed by atoms with van der Waals surface area (Å²) in [5, 5.41) is 0. The summed E-state index contributed by atoms with van der Waals surface area (Å²) in [6.07, 6.45) is 2.33. The summed E-state index contributed by atoms with van der Waals surface area (Å²) in [6, 6.07) is 0. The highest BCUT2D eigenvalue weighted by Gasteiger charge is 2.09. The highest BCUT2D eigenvalue weighted by atomic mass is 35.7. The van der Waals surface area contributed by atoms with Gasteiger partial charge in [0.15, 0.2) is 0 Å². The topological polar surface area (TPSA) is 43.4 Å². The molecule has 0 unspecified atom stereocenters. The second kappa shape index (κ2) is 6.71. The third-order valence-corrected chi connectivity index (χ3v) is 3.16. The maximum atomic E-state index is 10.6. The summed E-state index contributed by atoms with van der Waals surface area (Å²) < 4.78 is 26.5. The van der Waals surface area contributed by atoms with E-state index in [4.69, 9.17) is 15.4 Å². The molecule has 0 amide bonds. The number of hydrogen-bond acceptors (Lipinski definition) is 3. The molecule has 0 aliphatic heterocycles. The van der Waals surface area contributed by atoms with E-state index in [0.29, 0.717) is 18.4 Å². The SMILES string of the molecule is CC(C)(C)CCOCCCCS(=O)(=O)Cl. The average molecular weight is 257 g/mol. The summed E-state index contributed by atoms with van der Waals surface area (Å²) in [5.74, 6) is 0.0389. The first-order valence-electron chi connectivity index (χ1n) is 5.21. The lowest BCUT2D eigenvalue weighted by atomic mass is 9.93. The molecule has 0 aliphatic rings. The number of hydrogen-bond donors (Lipinski definition) is 0. The molecule has 3 nitrogen and oxygen atoms in total. The van der Waals surface area contributed by atoms with Gasteiger partial charge in [-0.15, -0.1) is 0 Å². The molecule has 0 fully saturated rings. The fraction of sp³-hybridized carbons (Fsp3) is 1.00. The summed E-state index contributed by atoms with van der Waals surface area (Å²) in [7, 11) is 1.74. The molecular formula is C10H21ClO3S. The molecule has 0 heterocycles. The minimum Gasteiger partial charge on any atom is -0.381 e. The zero-order valence-electron chi connectivity index (χ0n) is 9.75. The molecule has 92 valence electrons. The Morgan fingerprint density at radius 3 is 2.20 bits per heavy atom. The first kappa shape index (κ1) is 15.2. The van der Waals surface area contributed by atoms with Crippen LogP contribution in [0.15, 0.2) is 0 Å². The summed E-state index contributed by atoms with van der Waals surface area (Å²) in [4.78, 5) is 0. The zero-order valence-corrected chi connectivity index (χ0v) is 11.3. The Morgan fingerprint density at radius 2 is 1.73 bits per heavy atom. The van der Waals surface area contributed by atoms with Crippen molar-refractivity contribution in [3.05, 3.63) is 0 Å². The standard InChI is InChI=1S/C10H21ClO3S/c1-10(2,3)6-8-14-7-4-5-9-15(11,12)13/h4-9H2,1-3H3. The molecule has 0 aromatic rings. The molecule has 0 N–H and O–H groups in total. The molecule has 0 aromatic heterocycles. The van der Waals surface area contributed by atoms with Crippen LogP contribution in [0.25, 0.3) is 0 Å². The second-order valence-corrected chi connectivity index (χ2v) is 7.77. The van der Waals surface area contributed by atoms with Gasteiger partial charge in [-0.2, -0.15) is 0 Å². The Morgan fingerprint density at radius 1 is 1.13 bits per heavy atom. The number of ether oxygens (including phenoxy) is 1. The van der Waals surface area contributed by atoms with Crippen LogP contribution in [0.2, 0.25) is 0 Å². The van der Waals surface area contributed by atoms with Crippen molar-refractivity contribution in [1.82, 2.24) is 0 Å². The van der Waals surface area contributed by atoms with E-state index in [2.05, 4.69) is 20.8 Å². The number of halogens is 1. The molecule has 0 spiro atoms. The van der Waals surface area contributed by atoms with Gasteiger partial charge in [0.05, 0.1) is 5.75 Å². The van der Waals surface area contributed by atoms with Crippen LogP contribution < -0.4 is 0 Å². The Kier molecular flexibility index (Phi) is 6.80. The predicted octanol–water partition coefficient (Wildman–Crippen LogP) is 2.79. The molecule has 15 heavy (non-hydrogen) atoms. The van der Waals surface area contributed by atoms with Crippen LogP contribution >= 0.6 is 10.7 Å². The average Bonchev–Trinajstić information content (AvgIpc) is 1.98. The monoisotopic (exact) mass is 256 g/mol. The minimum absolute atomic E-state index is 0.0389. The maximum absolute atomic E-state index is 10.6. The van der Waals surface area contributed by atoms with Crippen molar-refractivity contribution >= 4 is 19.7 Å². The van der Waals surface area contributed by atoms with Crippen LogP contribution in [0, 0.1) is 5.41 Å². The van der Waals surface area contributed by atoms with Crippen LogP contribution in [0.4, 0.5) is 0 Å². The summed E-state index contributed by atoms with van der Waals surface area (Å²) in [5.41, 5.74) is 0.291. The van der Waals surface area contributed by atoms with Crippen molar-refractivity contribution in [1.29, 1.82) is 0 Å². The fourth-order valence-corrected chi connectivity index (χ4v) is 1.84. The van der Waals surface area contributed by atoms with Gasteiger partial charge in [0, 0.05) is 23.9 Å². The Bertz CT molecular complexity index is 254. The van der Waals surface area contributed by atoms with Gasteiger partial charge in [-0.25, -0.2) is 8.42 Å². The van der Waals surface area contributed by atoms with Gasteiger partial charge in [0.1, 0.15) is 0 Å². The fourth-order valence-electron chi connectivity index (χ4n) is 0.959. The van der Waals surface area contributed by atoms with Gasteiger partial charge in [0.2, 0.25) is 9.05 Å². The molecule has 0 saturated carbocycles. The van der Waals surface area contributed by atoms with Gasteiger partial charge < -0.3 is 4.74 Å². The second-order valence-electron chi connectivity index (χ2n) is 4.87. The highest BCUT2D eigenvalue weighted by molar-refractivity contribution is 8.13. The lowest BCUT2D eigenvalue weighted by Gasteiger charge is -2.17. The predicted molar refractivity (Wildman–Crippen MR) is 63.8 cm³/mol. The van der Waals surface area contributed by atoms with Crippen molar-refractivity contribution in [3.8, 4) is 0 Å². The lowest BCUT2D eigenvalue weighted by Crippen LogP contribution is -2.10. The third-order valence-electron chi connectivity index (χ3n) is 1.92. The van der Waals surface area contributed by atoms with Gasteiger partial charge in [-0.1, -0.05) is 20.8 Å². The zero-order chi connectivity index (χ0) is 11.9. The van der Waals surface area contributed by atoms with Crippen molar-refractivity contribution in [2.24, 2.45) is 5.41 Å².